The van der Waals surface area contributed by atoms with E-state index in [1.807, 2.05) is 49.9 Å². The molecule has 1 aliphatic rings. The summed E-state index contributed by atoms with van der Waals surface area (Å²) in [5.41, 5.74) is 0.545. The van der Waals surface area contributed by atoms with Crippen molar-refractivity contribution in [1.82, 2.24) is 4.90 Å². The number of carbonyl (C=O) groups excluding carboxylic acids is 1. The number of hydrogen-bond acceptors (Lipinski definition) is 4. The van der Waals surface area contributed by atoms with Crippen LogP contribution in [-0.4, -0.2) is 43.3 Å². The Kier molecular flexibility index (Phi) is 5.74. The Labute approximate surface area is 139 Å². The summed E-state index contributed by atoms with van der Waals surface area (Å²) in [6, 6.07) is 7.89. The fraction of sp³-hybridized carbons (Fsp3) is 0.611. The third-order valence-corrected chi connectivity index (χ3v) is 3.86. The Morgan fingerprint density at radius 2 is 2.09 bits per heavy atom. The zero-order chi connectivity index (χ0) is 16.9. The minimum atomic E-state index is -0.445. The molecule has 1 amide bonds. The van der Waals surface area contributed by atoms with Crippen molar-refractivity contribution in [2.24, 2.45) is 5.92 Å². The highest BCUT2D eigenvalue weighted by atomic mass is 16.6. The molecular weight excluding hydrogens is 292 g/mol. The number of hydrogen-bond donors (Lipinski definition) is 1. The van der Waals surface area contributed by atoms with Crippen LogP contribution in [-0.2, 0) is 4.74 Å². The molecule has 1 atom stereocenters. The SMILES string of the molecule is COc1ccccc1NCC1CCCN(C(=O)OC(C)(C)C)C1. The molecule has 0 aliphatic carbocycles. The molecule has 5 nitrogen and oxygen atoms in total. The van der Waals surface area contributed by atoms with Crippen LogP contribution in [0.2, 0.25) is 0 Å². The van der Waals surface area contributed by atoms with Crippen LogP contribution in [0.4, 0.5) is 10.5 Å². The number of likely N-dealkylation sites (tertiary alicyclic amines) is 1. The van der Waals surface area contributed by atoms with Gasteiger partial charge >= 0.3 is 6.09 Å². The first-order valence-electron chi connectivity index (χ1n) is 8.24. The Morgan fingerprint density at radius 3 is 2.78 bits per heavy atom. The van der Waals surface area contributed by atoms with Gasteiger partial charge in [-0.25, -0.2) is 4.79 Å². The molecule has 1 N–H and O–H groups in total. The van der Waals surface area contributed by atoms with Crippen molar-refractivity contribution >= 4 is 11.8 Å². The number of nitrogens with zero attached hydrogens (tertiary/aromatic N) is 1. The Balaban J connectivity index is 1.88. The second-order valence-corrected chi connectivity index (χ2v) is 7.02. The van der Waals surface area contributed by atoms with E-state index in [2.05, 4.69) is 5.32 Å². The first-order chi connectivity index (χ1) is 10.9. The van der Waals surface area contributed by atoms with Crippen LogP contribution < -0.4 is 10.1 Å². The number of carbonyl (C=O) groups is 1. The lowest BCUT2D eigenvalue weighted by atomic mass is 9.98. The second kappa shape index (κ2) is 7.57. The van der Waals surface area contributed by atoms with E-state index < -0.39 is 5.60 Å². The summed E-state index contributed by atoms with van der Waals surface area (Å²) < 4.78 is 10.8. The molecule has 0 radical (unpaired) electrons. The molecule has 1 unspecified atom stereocenters. The lowest BCUT2D eigenvalue weighted by Crippen LogP contribution is -2.44. The van der Waals surface area contributed by atoms with Gasteiger partial charge in [0.2, 0.25) is 0 Å². The van der Waals surface area contributed by atoms with Crippen molar-refractivity contribution in [3.8, 4) is 5.75 Å². The molecule has 1 aromatic rings. The quantitative estimate of drug-likeness (QED) is 0.918. The summed E-state index contributed by atoms with van der Waals surface area (Å²) >= 11 is 0. The van der Waals surface area contributed by atoms with Crippen LogP contribution in [0.5, 0.6) is 5.75 Å². The first-order valence-corrected chi connectivity index (χ1v) is 8.24. The van der Waals surface area contributed by atoms with Gasteiger partial charge in [0, 0.05) is 19.6 Å². The number of piperidine rings is 1. The second-order valence-electron chi connectivity index (χ2n) is 7.02. The van der Waals surface area contributed by atoms with Crippen LogP contribution in [0.1, 0.15) is 33.6 Å². The van der Waals surface area contributed by atoms with E-state index >= 15 is 0 Å². The number of para-hydroxylation sites is 2. The Bertz CT molecular complexity index is 525. The molecule has 1 heterocycles. The van der Waals surface area contributed by atoms with Gasteiger partial charge in [0.1, 0.15) is 11.4 Å². The number of anilines is 1. The predicted molar refractivity (Wildman–Crippen MR) is 92.0 cm³/mol. The summed E-state index contributed by atoms with van der Waals surface area (Å²) in [5, 5.41) is 3.44. The van der Waals surface area contributed by atoms with Gasteiger partial charge < -0.3 is 19.7 Å². The number of rotatable bonds is 4. The molecule has 2 rings (SSSR count). The van der Waals surface area contributed by atoms with E-state index in [0.29, 0.717) is 5.92 Å². The van der Waals surface area contributed by atoms with Crippen molar-refractivity contribution in [2.75, 3.05) is 32.1 Å². The first kappa shape index (κ1) is 17.4. The Morgan fingerprint density at radius 1 is 1.35 bits per heavy atom. The lowest BCUT2D eigenvalue weighted by molar-refractivity contribution is 0.0172. The highest BCUT2D eigenvalue weighted by Gasteiger charge is 2.27. The molecular formula is C18H28N2O3. The number of ether oxygens (including phenoxy) is 2. The van der Waals surface area contributed by atoms with E-state index in [-0.39, 0.29) is 6.09 Å². The van der Waals surface area contributed by atoms with Gasteiger partial charge in [0.15, 0.2) is 0 Å². The third kappa shape index (κ3) is 5.34. The molecule has 1 aliphatic heterocycles. The summed E-state index contributed by atoms with van der Waals surface area (Å²) in [7, 11) is 1.67. The van der Waals surface area contributed by atoms with E-state index in [4.69, 9.17) is 9.47 Å². The van der Waals surface area contributed by atoms with Crippen LogP contribution in [0.3, 0.4) is 0 Å². The molecule has 1 saturated heterocycles. The van der Waals surface area contributed by atoms with Crippen molar-refractivity contribution in [3.05, 3.63) is 24.3 Å². The smallest absolute Gasteiger partial charge is 0.410 e. The monoisotopic (exact) mass is 320 g/mol. The highest BCUT2D eigenvalue weighted by molar-refractivity contribution is 5.68. The maximum atomic E-state index is 12.2. The van der Waals surface area contributed by atoms with Crippen molar-refractivity contribution < 1.29 is 14.3 Å². The van der Waals surface area contributed by atoms with Gasteiger partial charge in [-0.05, 0) is 51.7 Å². The van der Waals surface area contributed by atoms with E-state index in [9.17, 15) is 4.79 Å². The fourth-order valence-corrected chi connectivity index (χ4v) is 2.77. The number of amides is 1. The number of methoxy groups -OCH3 is 1. The van der Waals surface area contributed by atoms with Crippen molar-refractivity contribution in [3.63, 3.8) is 0 Å². The van der Waals surface area contributed by atoms with E-state index in [1.165, 1.54) is 0 Å². The van der Waals surface area contributed by atoms with Crippen LogP contribution >= 0.6 is 0 Å². The molecule has 128 valence electrons. The standard InChI is InChI=1S/C18H28N2O3/c1-18(2,3)23-17(21)20-11-7-8-14(13-20)12-19-15-9-5-6-10-16(15)22-4/h5-6,9-10,14,19H,7-8,11-13H2,1-4H3. The molecule has 5 heteroatoms. The average molecular weight is 320 g/mol. The zero-order valence-electron chi connectivity index (χ0n) is 14.6. The maximum absolute atomic E-state index is 12.2. The predicted octanol–water partition coefficient (Wildman–Crippen LogP) is 3.75. The molecule has 0 spiro atoms. The third-order valence-electron chi connectivity index (χ3n) is 3.86. The van der Waals surface area contributed by atoms with E-state index in [0.717, 1.165) is 43.9 Å². The summed E-state index contributed by atoms with van der Waals surface area (Å²) in [6.45, 7) is 8.03. The van der Waals surface area contributed by atoms with Gasteiger partial charge in [0.05, 0.1) is 12.8 Å². The summed E-state index contributed by atoms with van der Waals surface area (Å²) in [4.78, 5) is 14.0. The minimum absolute atomic E-state index is 0.209. The van der Waals surface area contributed by atoms with Gasteiger partial charge in [-0.2, -0.15) is 0 Å². The molecule has 1 fully saturated rings. The normalized spacial score (nSPS) is 18.4. The van der Waals surface area contributed by atoms with Crippen LogP contribution in [0.25, 0.3) is 0 Å². The zero-order valence-corrected chi connectivity index (χ0v) is 14.6. The molecule has 23 heavy (non-hydrogen) atoms. The fourth-order valence-electron chi connectivity index (χ4n) is 2.77. The van der Waals surface area contributed by atoms with Crippen molar-refractivity contribution in [1.29, 1.82) is 0 Å². The van der Waals surface area contributed by atoms with Gasteiger partial charge in [0.25, 0.3) is 0 Å². The molecule has 0 saturated carbocycles. The number of benzene rings is 1. The largest absolute Gasteiger partial charge is 0.495 e. The molecule has 1 aromatic carbocycles. The average Bonchev–Trinajstić information content (AvgIpc) is 2.52. The summed E-state index contributed by atoms with van der Waals surface area (Å²) in [6.07, 6.45) is 1.92. The van der Waals surface area contributed by atoms with Gasteiger partial charge in [-0.15, -0.1) is 0 Å². The summed E-state index contributed by atoms with van der Waals surface area (Å²) in [5.74, 6) is 1.26. The maximum Gasteiger partial charge on any atom is 0.410 e. The molecule has 0 aromatic heterocycles. The highest BCUT2D eigenvalue weighted by Crippen LogP contribution is 2.25. The van der Waals surface area contributed by atoms with Gasteiger partial charge in [-0.3, -0.25) is 0 Å². The minimum Gasteiger partial charge on any atom is -0.495 e. The Hall–Kier alpha value is -1.91. The molecule has 0 bridgehead atoms. The van der Waals surface area contributed by atoms with Crippen LogP contribution in [0.15, 0.2) is 24.3 Å². The topological polar surface area (TPSA) is 50.8 Å². The van der Waals surface area contributed by atoms with Crippen molar-refractivity contribution in [2.45, 2.75) is 39.2 Å². The van der Waals surface area contributed by atoms with E-state index in [1.54, 1.807) is 7.11 Å². The van der Waals surface area contributed by atoms with Crippen LogP contribution in [0, 0.1) is 5.92 Å². The van der Waals surface area contributed by atoms with Gasteiger partial charge in [-0.1, -0.05) is 12.1 Å². The number of nitrogens with one attached hydrogen (secondary N) is 1. The lowest BCUT2D eigenvalue weighted by Gasteiger charge is -2.34.